The molecule has 1 heterocycles. The molecule has 1 unspecified atom stereocenters. The van der Waals surface area contributed by atoms with Gasteiger partial charge in [0.15, 0.2) is 0 Å². The monoisotopic (exact) mass is 263 g/mol. The molecule has 0 aliphatic carbocycles. The molecule has 0 amide bonds. The zero-order chi connectivity index (χ0) is 14.1. The van der Waals surface area contributed by atoms with E-state index >= 15 is 0 Å². The van der Waals surface area contributed by atoms with E-state index in [0.717, 1.165) is 27.9 Å². The summed E-state index contributed by atoms with van der Waals surface area (Å²) in [5.74, 6) is 0. The molecule has 0 radical (unpaired) electrons. The van der Waals surface area contributed by atoms with Crippen LogP contribution in [-0.2, 0) is 0 Å². The third-order valence-corrected chi connectivity index (χ3v) is 3.51. The largest absolute Gasteiger partial charge is 0.384 e. The Balaban J connectivity index is 2.05. The van der Waals surface area contributed by atoms with Gasteiger partial charge in [-0.25, -0.2) is 0 Å². The van der Waals surface area contributed by atoms with Crippen LogP contribution >= 0.6 is 0 Å². The van der Waals surface area contributed by atoms with Crippen LogP contribution in [-0.4, -0.2) is 10.1 Å². The fourth-order valence-electron chi connectivity index (χ4n) is 2.59. The van der Waals surface area contributed by atoms with Crippen LogP contribution in [0.4, 0.5) is 0 Å². The predicted molar refractivity (Wildman–Crippen MR) is 81.7 cm³/mol. The minimum Gasteiger partial charge on any atom is -0.384 e. The van der Waals surface area contributed by atoms with E-state index in [1.165, 1.54) is 5.39 Å². The van der Waals surface area contributed by atoms with Gasteiger partial charge in [-0.2, -0.15) is 0 Å². The van der Waals surface area contributed by atoms with Crippen LogP contribution in [0.1, 0.15) is 28.6 Å². The highest BCUT2D eigenvalue weighted by Crippen LogP contribution is 2.26. The van der Waals surface area contributed by atoms with Gasteiger partial charge in [0.2, 0.25) is 0 Å². The second-order valence-corrected chi connectivity index (χ2v) is 5.19. The molecule has 1 atom stereocenters. The first-order valence-corrected chi connectivity index (χ1v) is 6.75. The lowest BCUT2D eigenvalue weighted by atomic mass is 9.98. The third-order valence-electron chi connectivity index (χ3n) is 3.51. The van der Waals surface area contributed by atoms with E-state index in [2.05, 4.69) is 23.2 Å². The number of fused-ring (bicyclic) bond motifs is 1. The average Bonchev–Trinajstić information content (AvgIpc) is 2.45. The highest BCUT2D eigenvalue weighted by molar-refractivity contribution is 5.83. The standard InChI is InChI=1S/C18H17NO/c1-12-9-17(10-13(2)19-12)18(20)16-8-7-14-5-3-4-6-15(14)11-16/h3-11,18,20H,1-2H3. The Hall–Kier alpha value is -2.19. The van der Waals surface area contributed by atoms with Gasteiger partial charge in [0, 0.05) is 11.4 Å². The number of aromatic nitrogens is 1. The summed E-state index contributed by atoms with van der Waals surface area (Å²) in [6, 6.07) is 18.1. The Morgan fingerprint density at radius 3 is 2.15 bits per heavy atom. The zero-order valence-electron chi connectivity index (χ0n) is 11.7. The summed E-state index contributed by atoms with van der Waals surface area (Å²) in [7, 11) is 0. The van der Waals surface area contributed by atoms with Crippen LogP contribution in [0.15, 0.2) is 54.6 Å². The van der Waals surface area contributed by atoms with E-state index in [1.807, 2.05) is 50.2 Å². The van der Waals surface area contributed by atoms with Crippen LogP contribution in [0.3, 0.4) is 0 Å². The third kappa shape index (κ3) is 2.43. The van der Waals surface area contributed by atoms with Crippen molar-refractivity contribution in [3.8, 4) is 0 Å². The molecule has 1 N–H and O–H groups in total. The van der Waals surface area contributed by atoms with Crippen LogP contribution in [0, 0.1) is 13.8 Å². The molecular weight excluding hydrogens is 246 g/mol. The molecule has 0 saturated heterocycles. The van der Waals surface area contributed by atoms with E-state index < -0.39 is 6.10 Å². The van der Waals surface area contributed by atoms with E-state index in [0.29, 0.717) is 0 Å². The lowest BCUT2D eigenvalue weighted by Crippen LogP contribution is -2.02. The molecule has 1 aromatic heterocycles. The lowest BCUT2D eigenvalue weighted by Gasteiger charge is -2.13. The van der Waals surface area contributed by atoms with E-state index in [9.17, 15) is 5.11 Å². The van der Waals surface area contributed by atoms with Crippen molar-refractivity contribution in [3.05, 3.63) is 77.1 Å². The summed E-state index contributed by atoms with van der Waals surface area (Å²) >= 11 is 0. The minimum absolute atomic E-state index is 0.611. The molecule has 0 aliphatic rings. The number of benzene rings is 2. The number of nitrogens with zero attached hydrogens (tertiary/aromatic N) is 1. The maximum absolute atomic E-state index is 10.6. The van der Waals surface area contributed by atoms with Crippen molar-refractivity contribution in [1.82, 2.24) is 4.98 Å². The van der Waals surface area contributed by atoms with Crippen LogP contribution in [0.25, 0.3) is 10.8 Å². The SMILES string of the molecule is Cc1cc(C(O)c2ccc3ccccc3c2)cc(C)n1. The van der Waals surface area contributed by atoms with Crippen LogP contribution < -0.4 is 0 Å². The molecule has 0 bridgehead atoms. The Bertz CT molecular complexity index is 744. The van der Waals surface area contributed by atoms with Crippen molar-refractivity contribution in [1.29, 1.82) is 0 Å². The molecule has 20 heavy (non-hydrogen) atoms. The molecule has 0 saturated carbocycles. The average molecular weight is 263 g/mol. The first-order chi connectivity index (χ1) is 9.63. The number of aliphatic hydroxyl groups is 1. The highest BCUT2D eigenvalue weighted by Gasteiger charge is 2.12. The molecule has 0 spiro atoms. The molecule has 2 nitrogen and oxygen atoms in total. The summed E-state index contributed by atoms with van der Waals surface area (Å²) in [5.41, 5.74) is 3.67. The molecule has 100 valence electrons. The second-order valence-electron chi connectivity index (χ2n) is 5.19. The smallest absolute Gasteiger partial charge is 0.104 e. The summed E-state index contributed by atoms with van der Waals surface area (Å²) in [5, 5.41) is 12.9. The summed E-state index contributed by atoms with van der Waals surface area (Å²) in [4.78, 5) is 4.35. The van der Waals surface area contributed by atoms with Gasteiger partial charge in [-0.1, -0.05) is 36.4 Å². The number of hydrogen-bond donors (Lipinski definition) is 1. The molecule has 0 aliphatic heterocycles. The fourth-order valence-corrected chi connectivity index (χ4v) is 2.59. The van der Waals surface area contributed by atoms with Gasteiger partial charge < -0.3 is 5.11 Å². The molecule has 3 aromatic rings. The number of rotatable bonds is 2. The van der Waals surface area contributed by atoms with Crippen molar-refractivity contribution >= 4 is 10.8 Å². The number of aliphatic hydroxyl groups excluding tert-OH is 1. The van der Waals surface area contributed by atoms with Gasteiger partial charge >= 0.3 is 0 Å². The van der Waals surface area contributed by atoms with Crippen molar-refractivity contribution < 1.29 is 5.11 Å². The first kappa shape index (κ1) is 12.8. The lowest BCUT2D eigenvalue weighted by molar-refractivity contribution is 0.220. The highest BCUT2D eigenvalue weighted by atomic mass is 16.3. The van der Waals surface area contributed by atoms with Crippen molar-refractivity contribution in [3.63, 3.8) is 0 Å². The Kier molecular flexibility index (Phi) is 3.25. The van der Waals surface area contributed by atoms with Crippen LogP contribution in [0.5, 0.6) is 0 Å². The van der Waals surface area contributed by atoms with Crippen molar-refractivity contribution in [2.75, 3.05) is 0 Å². The van der Waals surface area contributed by atoms with E-state index in [-0.39, 0.29) is 0 Å². The van der Waals surface area contributed by atoms with E-state index in [4.69, 9.17) is 0 Å². The quantitative estimate of drug-likeness (QED) is 0.760. The fraction of sp³-hybridized carbons (Fsp3) is 0.167. The van der Waals surface area contributed by atoms with Crippen LogP contribution in [0.2, 0.25) is 0 Å². The Morgan fingerprint density at radius 2 is 1.45 bits per heavy atom. The summed E-state index contributed by atoms with van der Waals surface area (Å²) < 4.78 is 0. The summed E-state index contributed by atoms with van der Waals surface area (Å²) in [6.45, 7) is 3.90. The van der Waals surface area contributed by atoms with Gasteiger partial charge in [0.1, 0.15) is 6.10 Å². The van der Waals surface area contributed by atoms with E-state index in [1.54, 1.807) is 0 Å². The maximum Gasteiger partial charge on any atom is 0.104 e. The first-order valence-electron chi connectivity index (χ1n) is 6.75. The molecule has 0 fully saturated rings. The molecule has 2 heteroatoms. The van der Waals surface area contributed by atoms with Gasteiger partial charge in [-0.05, 0) is 53.9 Å². The maximum atomic E-state index is 10.6. The Labute approximate surface area is 118 Å². The van der Waals surface area contributed by atoms with Crippen molar-refractivity contribution in [2.24, 2.45) is 0 Å². The van der Waals surface area contributed by atoms with Crippen molar-refractivity contribution in [2.45, 2.75) is 20.0 Å². The van der Waals surface area contributed by atoms with Gasteiger partial charge in [0.05, 0.1) is 0 Å². The second kappa shape index (κ2) is 5.06. The number of aryl methyl sites for hydroxylation is 2. The topological polar surface area (TPSA) is 33.1 Å². The molecular formula is C18H17NO. The molecule has 2 aromatic carbocycles. The van der Waals surface area contributed by atoms with Gasteiger partial charge in [0.25, 0.3) is 0 Å². The number of pyridine rings is 1. The minimum atomic E-state index is -0.611. The summed E-state index contributed by atoms with van der Waals surface area (Å²) in [6.07, 6.45) is -0.611. The predicted octanol–water partition coefficient (Wildman–Crippen LogP) is 3.93. The Morgan fingerprint density at radius 1 is 0.800 bits per heavy atom. The van der Waals surface area contributed by atoms with Gasteiger partial charge in [-0.15, -0.1) is 0 Å². The normalized spacial score (nSPS) is 12.6. The zero-order valence-corrected chi connectivity index (χ0v) is 11.7. The number of hydrogen-bond acceptors (Lipinski definition) is 2. The van der Waals surface area contributed by atoms with Gasteiger partial charge in [-0.3, -0.25) is 4.98 Å². The molecule has 3 rings (SSSR count).